The third-order valence-electron chi connectivity index (χ3n) is 1.71. The number of halogens is 1. The fourth-order valence-corrected chi connectivity index (χ4v) is 1.49. The number of hydrogen-bond donors (Lipinski definition) is 3. The Kier molecular flexibility index (Phi) is 3.77. The van der Waals surface area contributed by atoms with Gasteiger partial charge in [0.1, 0.15) is 0 Å². The quantitative estimate of drug-likeness (QED) is 0.441. The molecule has 0 fully saturated rings. The van der Waals surface area contributed by atoms with E-state index in [9.17, 15) is 0 Å². The largest absolute Gasteiger partial charge is 0.399 e. The van der Waals surface area contributed by atoms with E-state index in [4.69, 9.17) is 11.5 Å². The first-order valence-electron chi connectivity index (χ1n) is 3.68. The summed E-state index contributed by atoms with van der Waals surface area (Å²) < 4.78 is 3.04. The average molecular weight is 277 g/mol. The van der Waals surface area contributed by atoms with Crippen molar-refractivity contribution in [2.45, 2.75) is 13.1 Å². The van der Waals surface area contributed by atoms with E-state index >= 15 is 0 Å². The van der Waals surface area contributed by atoms with Gasteiger partial charge in [-0.25, -0.2) is 0 Å². The van der Waals surface area contributed by atoms with E-state index in [1.54, 1.807) is 0 Å². The van der Waals surface area contributed by atoms with Crippen LogP contribution in [0.5, 0.6) is 0 Å². The molecule has 0 saturated heterocycles. The van der Waals surface area contributed by atoms with Gasteiger partial charge in [-0.05, 0) is 23.3 Å². The Bertz CT molecular complexity index is 262. The predicted octanol–water partition coefficient (Wildman–Crippen LogP) is 1.17. The highest BCUT2D eigenvalue weighted by atomic mass is 127. The maximum Gasteiger partial charge on any atom is 0.0317 e. The van der Waals surface area contributed by atoms with Gasteiger partial charge < -0.3 is 11.5 Å². The summed E-state index contributed by atoms with van der Waals surface area (Å²) in [5.74, 6) is 0. The fraction of sp³-hybridized carbons (Fsp3) is 0.250. The second-order valence-electron chi connectivity index (χ2n) is 2.54. The molecule has 0 radical (unpaired) electrons. The van der Waals surface area contributed by atoms with Crippen LogP contribution in [0.4, 0.5) is 5.69 Å². The van der Waals surface area contributed by atoms with Gasteiger partial charge in [0.05, 0.1) is 0 Å². The minimum Gasteiger partial charge on any atom is -0.399 e. The summed E-state index contributed by atoms with van der Waals surface area (Å²) in [6.45, 7) is 1.37. The van der Waals surface area contributed by atoms with Gasteiger partial charge >= 0.3 is 0 Å². The highest BCUT2D eigenvalue weighted by molar-refractivity contribution is 14.1. The minimum absolute atomic E-state index is 0.563. The average Bonchev–Trinajstić information content (AvgIpc) is 2.05. The molecule has 0 amide bonds. The van der Waals surface area contributed by atoms with E-state index < -0.39 is 0 Å². The Morgan fingerprint density at radius 1 is 1.33 bits per heavy atom. The fourth-order valence-electron chi connectivity index (χ4n) is 1.08. The number of rotatable bonds is 3. The molecule has 1 aromatic carbocycles. The molecular formula is C8H12IN3. The van der Waals surface area contributed by atoms with Crippen molar-refractivity contribution in [3.05, 3.63) is 29.3 Å². The molecule has 4 heteroatoms. The van der Waals surface area contributed by atoms with E-state index in [1.165, 1.54) is 5.56 Å². The molecule has 3 nitrogen and oxygen atoms in total. The highest BCUT2D eigenvalue weighted by Gasteiger charge is 1.99. The second kappa shape index (κ2) is 4.64. The molecule has 5 N–H and O–H groups in total. The lowest BCUT2D eigenvalue weighted by molar-refractivity contribution is 0.952. The summed E-state index contributed by atoms with van der Waals surface area (Å²) in [6.07, 6.45) is 0. The first-order chi connectivity index (χ1) is 5.77. The van der Waals surface area contributed by atoms with Crippen LogP contribution in [-0.2, 0) is 13.1 Å². The maximum atomic E-state index is 5.64. The minimum atomic E-state index is 0.563. The second-order valence-corrected chi connectivity index (χ2v) is 3.31. The molecule has 0 aliphatic rings. The van der Waals surface area contributed by atoms with Crippen LogP contribution in [0.3, 0.4) is 0 Å². The van der Waals surface area contributed by atoms with Crippen molar-refractivity contribution in [3.8, 4) is 0 Å². The summed E-state index contributed by atoms with van der Waals surface area (Å²) >= 11 is 2.10. The Labute approximate surface area is 86.0 Å². The van der Waals surface area contributed by atoms with E-state index in [0.29, 0.717) is 6.54 Å². The number of hydrogen-bond acceptors (Lipinski definition) is 3. The molecule has 0 spiro atoms. The molecule has 0 bridgehead atoms. The normalized spacial score (nSPS) is 10.2. The smallest absolute Gasteiger partial charge is 0.0317 e. The molecule has 66 valence electrons. The standard InChI is InChI=1S/C8H12IN3/c9-12-5-7-3-8(11)2-1-6(7)4-10/h1-3,12H,4-5,10-11H2. The Morgan fingerprint density at radius 3 is 2.67 bits per heavy atom. The van der Waals surface area contributed by atoms with Crippen LogP contribution in [0.15, 0.2) is 18.2 Å². The van der Waals surface area contributed by atoms with E-state index in [1.807, 2.05) is 18.2 Å². The molecule has 0 heterocycles. The summed E-state index contributed by atoms with van der Waals surface area (Å²) in [6, 6.07) is 5.80. The van der Waals surface area contributed by atoms with Crippen LogP contribution in [-0.4, -0.2) is 0 Å². The summed E-state index contributed by atoms with van der Waals surface area (Å²) in [7, 11) is 0. The first-order valence-corrected chi connectivity index (χ1v) is 4.76. The lowest BCUT2D eigenvalue weighted by atomic mass is 10.1. The molecule has 0 aliphatic carbocycles. The third-order valence-corrected chi connectivity index (χ3v) is 2.09. The maximum absolute atomic E-state index is 5.64. The van der Waals surface area contributed by atoms with Crippen molar-refractivity contribution in [3.63, 3.8) is 0 Å². The zero-order valence-corrected chi connectivity index (χ0v) is 8.84. The zero-order valence-electron chi connectivity index (χ0n) is 6.68. The van der Waals surface area contributed by atoms with Gasteiger partial charge in [-0.15, -0.1) is 0 Å². The van der Waals surface area contributed by atoms with Crippen LogP contribution >= 0.6 is 22.9 Å². The lowest BCUT2D eigenvalue weighted by Crippen LogP contribution is -2.06. The summed E-state index contributed by atoms with van der Waals surface area (Å²) in [4.78, 5) is 0. The molecular weight excluding hydrogens is 265 g/mol. The van der Waals surface area contributed by atoms with E-state index in [0.717, 1.165) is 17.8 Å². The van der Waals surface area contributed by atoms with Crippen molar-refractivity contribution >= 4 is 28.6 Å². The molecule has 0 unspecified atom stereocenters. The monoisotopic (exact) mass is 277 g/mol. The van der Waals surface area contributed by atoms with Crippen molar-refractivity contribution < 1.29 is 0 Å². The van der Waals surface area contributed by atoms with Crippen molar-refractivity contribution in [1.82, 2.24) is 3.53 Å². The van der Waals surface area contributed by atoms with Crippen LogP contribution in [0.2, 0.25) is 0 Å². The van der Waals surface area contributed by atoms with Gasteiger partial charge in [0.2, 0.25) is 0 Å². The third kappa shape index (κ3) is 2.33. The van der Waals surface area contributed by atoms with Crippen molar-refractivity contribution in [2.24, 2.45) is 5.73 Å². The molecule has 0 aromatic heterocycles. The molecule has 0 atom stereocenters. The van der Waals surface area contributed by atoms with Gasteiger partial charge in [-0.2, -0.15) is 0 Å². The topological polar surface area (TPSA) is 64.1 Å². The zero-order chi connectivity index (χ0) is 8.97. The van der Waals surface area contributed by atoms with Gasteiger partial charge in [0.15, 0.2) is 0 Å². The number of benzene rings is 1. The number of nitrogens with two attached hydrogens (primary N) is 2. The molecule has 0 saturated carbocycles. The first kappa shape index (κ1) is 9.76. The van der Waals surface area contributed by atoms with Crippen LogP contribution in [0.25, 0.3) is 0 Å². The number of nitrogen functional groups attached to an aromatic ring is 1. The number of nitrogens with one attached hydrogen (secondary N) is 1. The Hall–Kier alpha value is -0.330. The predicted molar refractivity (Wildman–Crippen MR) is 59.6 cm³/mol. The van der Waals surface area contributed by atoms with Gasteiger partial charge in [-0.1, -0.05) is 6.07 Å². The van der Waals surface area contributed by atoms with E-state index in [-0.39, 0.29) is 0 Å². The van der Waals surface area contributed by atoms with Crippen LogP contribution in [0.1, 0.15) is 11.1 Å². The van der Waals surface area contributed by atoms with Crippen molar-refractivity contribution in [1.29, 1.82) is 0 Å². The Morgan fingerprint density at radius 2 is 2.08 bits per heavy atom. The lowest BCUT2D eigenvalue weighted by Gasteiger charge is -2.06. The number of anilines is 1. The SMILES string of the molecule is NCc1ccc(N)cc1CNI. The van der Waals surface area contributed by atoms with Crippen LogP contribution < -0.4 is 15.0 Å². The Balaban J connectivity index is 2.95. The molecule has 0 aliphatic heterocycles. The molecule has 1 rings (SSSR count). The molecule has 1 aromatic rings. The highest BCUT2D eigenvalue weighted by Crippen LogP contribution is 2.13. The summed E-state index contributed by atoms with van der Waals surface area (Å²) in [5.41, 5.74) is 14.3. The van der Waals surface area contributed by atoms with Gasteiger partial charge in [0.25, 0.3) is 0 Å². The van der Waals surface area contributed by atoms with Crippen LogP contribution in [0, 0.1) is 0 Å². The van der Waals surface area contributed by atoms with Gasteiger partial charge in [-0.3, -0.25) is 3.53 Å². The van der Waals surface area contributed by atoms with E-state index in [2.05, 4.69) is 26.4 Å². The van der Waals surface area contributed by atoms with Crippen molar-refractivity contribution in [2.75, 3.05) is 5.73 Å². The summed E-state index contributed by atoms with van der Waals surface area (Å²) in [5, 5.41) is 0. The van der Waals surface area contributed by atoms with Gasteiger partial charge in [0, 0.05) is 41.6 Å². The molecule has 12 heavy (non-hydrogen) atoms.